The number of hydrogen-bond acceptors (Lipinski definition) is 4. The molecule has 0 unspecified atom stereocenters. The van der Waals surface area contributed by atoms with E-state index in [2.05, 4.69) is 0 Å². The van der Waals surface area contributed by atoms with Crippen LogP contribution in [0.4, 0.5) is 0 Å². The van der Waals surface area contributed by atoms with Gasteiger partial charge in [0.05, 0.1) is 11.1 Å². The van der Waals surface area contributed by atoms with Crippen molar-refractivity contribution in [1.29, 1.82) is 0 Å². The topological polar surface area (TPSA) is 63.7 Å². The molecule has 130 valence electrons. The lowest BCUT2D eigenvalue weighted by atomic mass is 10.1. The van der Waals surface area contributed by atoms with E-state index in [0.717, 1.165) is 38.5 Å². The van der Waals surface area contributed by atoms with Crippen molar-refractivity contribution in [3.63, 3.8) is 0 Å². The van der Waals surface area contributed by atoms with Crippen molar-refractivity contribution in [1.82, 2.24) is 4.90 Å². The number of hydrogen-bond donors (Lipinski definition) is 0. The van der Waals surface area contributed by atoms with Crippen LogP contribution in [0.2, 0.25) is 0 Å². The molecule has 2 amide bonds. The molecule has 1 aliphatic heterocycles. The molecule has 2 rings (SSSR count). The molecule has 0 saturated carbocycles. The minimum atomic E-state index is -0.168. The highest BCUT2D eigenvalue weighted by molar-refractivity contribution is 6.21. The summed E-state index contributed by atoms with van der Waals surface area (Å²) in [6.07, 6.45) is 6.06. The van der Waals surface area contributed by atoms with Crippen molar-refractivity contribution in [2.75, 3.05) is 19.8 Å². The summed E-state index contributed by atoms with van der Waals surface area (Å²) in [5.74, 6) is -0.278. The van der Waals surface area contributed by atoms with Crippen molar-refractivity contribution < 1.29 is 19.1 Å². The second-order valence-electron chi connectivity index (χ2n) is 6.18. The molecular weight excluding hydrogens is 306 g/mol. The molecule has 0 aromatic heterocycles. The number of ketones is 1. The number of unbranched alkanes of at least 4 members (excludes halogenated alkanes) is 5. The maximum absolute atomic E-state index is 12.2. The van der Waals surface area contributed by atoms with Gasteiger partial charge in [0, 0.05) is 13.2 Å². The fourth-order valence-electron chi connectivity index (χ4n) is 2.84. The van der Waals surface area contributed by atoms with E-state index in [1.165, 1.54) is 11.8 Å². The minimum Gasteiger partial charge on any atom is -0.374 e. The van der Waals surface area contributed by atoms with Gasteiger partial charge >= 0.3 is 0 Å². The van der Waals surface area contributed by atoms with Gasteiger partial charge in [0.2, 0.25) is 0 Å². The van der Waals surface area contributed by atoms with Gasteiger partial charge in [0.15, 0.2) is 5.78 Å². The van der Waals surface area contributed by atoms with Crippen LogP contribution in [0, 0.1) is 0 Å². The minimum absolute atomic E-state index is 0.0585. The summed E-state index contributed by atoms with van der Waals surface area (Å²) >= 11 is 0. The van der Waals surface area contributed by atoms with Gasteiger partial charge in [-0.2, -0.15) is 0 Å². The Morgan fingerprint density at radius 1 is 0.917 bits per heavy atom. The smallest absolute Gasteiger partial charge is 0.261 e. The van der Waals surface area contributed by atoms with Crippen LogP contribution in [-0.2, 0) is 9.53 Å². The predicted molar refractivity (Wildman–Crippen MR) is 91.0 cm³/mol. The summed E-state index contributed by atoms with van der Waals surface area (Å²) in [7, 11) is 0. The quantitative estimate of drug-likeness (QED) is 0.461. The van der Waals surface area contributed by atoms with E-state index in [1.807, 2.05) is 0 Å². The maximum Gasteiger partial charge on any atom is 0.261 e. The first-order valence-corrected chi connectivity index (χ1v) is 8.63. The average Bonchev–Trinajstić information content (AvgIpc) is 2.81. The Bertz CT molecular complexity index is 562. The van der Waals surface area contributed by atoms with Gasteiger partial charge in [0.25, 0.3) is 11.8 Å². The predicted octanol–water partition coefficient (Wildman–Crippen LogP) is 3.23. The highest BCUT2D eigenvalue weighted by Crippen LogP contribution is 2.22. The van der Waals surface area contributed by atoms with E-state index in [-0.39, 0.29) is 24.2 Å². The molecule has 0 aliphatic carbocycles. The number of nitrogens with zero attached hydrogens (tertiary/aromatic N) is 1. The molecule has 0 radical (unpaired) electrons. The van der Waals surface area contributed by atoms with Crippen molar-refractivity contribution >= 4 is 17.6 Å². The second kappa shape index (κ2) is 9.33. The number of rotatable bonds is 11. The number of carbonyl (C=O) groups excluding carboxylic acids is 3. The van der Waals surface area contributed by atoms with Crippen LogP contribution < -0.4 is 0 Å². The molecule has 0 saturated heterocycles. The van der Waals surface area contributed by atoms with Gasteiger partial charge in [0.1, 0.15) is 6.61 Å². The summed E-state index contributed by atoms with van der Waals surface area (Å²) < 4.78 is 5.21. The van der Waals surface area contributed by atoms with E-state index in [4.69, 9.17) is 4.74 Å². The molecule has 1 aromatic rings. The summed E-state index contributed by atoms with van der Waals surface area (Å²) in [6.45, 7) is 2.86. The van der Waals surface area contributed by atoms with E-state index in [9.17, 15) is 14.4 Å². The monoisotopic (exact) mass is 331 g/mol. The summed E-state index contributed by atoms with van der Waals surface area (Å²) in [5, 5.41) is 0. The highest BCUT2D eigenvalue weighted by atomic mass is 16.5. The average molecular weight is 331 g/mol. The summed E-state index contributed by atoms with van der Waals surface area (Å²) in [6, 6.07) is 6.99. The van der Waals surface area contributed by atoms with Crippen molar-refractivity contribution in [3.8, 4) is 0 Å². The van der Waals surface area contributed by atoms with Crippen LogP contribution in [0.15, 0.2) is 24.3 Å². The van der Waals surface area contributed by atoms with Crippen LogP contribution in [-0.4, -0.2) is 42.3 Å². The largest absolute Gasteiger partial charge is 0.374 e. The molecule has 1 aliphatic rings. The maximum atomic E-state index is 12.2. The van der Waals surface area contributed by atoms with Crippen molar-refractivity contribution in [2.45, 2.75) is 45.4 Å². The Hall–Kier alpha value is -2.01. The molecule has 24 heavy (non-hydrogen) atoms. The first kappa shape index (κ1) is 18.3. The Morgan fingerprint density at radius 2 is 1.46 bits per heavy atom. The first-order valence-electron chi connectivity index (χ1n) is 8.63. The molecule has 0 bridgehead atoms. The Morgan fingerprint density at radius 3 is 2.04 bits per heavy atom. The lowest BCUT2D eigenvalue weighted by molar-refractivity contribution is -0.121. The third kappa shape index (κ3) is 4.99. The standard InChI is InChI=1S/C19H25NO4/c1-15(21)14-24-13-9-5-3-2-4-8-12-20-18(22)16-10-6-7-11-17(16)19(20)23/h6-7,10-11H,2-5,8-9,12-14H2,1H3. The van der Waals surface area contributed by atoms with Crippen LogP contribution in [0.3, 0.4) is 0 Å². The summed E-state index contributed by atoms with van der Waals surface area (Å²) in [5.41, 5.74) is 1.04. The fourth-order valence-corrected chi connectivity index (χ4v) is 2.84. The lowest BCUT2D eigenvalue weighted by Gasteiger charge is -2.13. The van der Waals surface area contributed by atoms with E-state index in [1.54, 1.807) is 24.3 Å². The van der Waals surface area contributed by atoms with Crippen LogP contribution in [0.5, 0.6) is 0 Å². The van der Waals surface area contributed by atoms with Gasteiger partial charge in [-0.05, 0) is 31.9 Å². The van der Waals surface area contributed by atoms with Crippen molar-refractivity contribution in [3.05, 3.63) is 35.4 Å². The molecule has 0 N–H and O–H groups in total. The molecule has 5 nitrogen and oxygen atoms in total. The van der Waals surface area contributed by atoms with Gasteiger partial charge in [-0.3, -0.25) is 19.3 Å². The highest BCUT2D eigenvalue weighted by Gasteiger charge is 2.34. The van der Waals surface area contributed by atoms with Gasteiger partial charge in [-0.1, -0.05) is 37.8 Å². The lowest BCUT2D eigenvalue weighted by Crippen LogP contribution is -2.30. The molecule has 0 atom stereocenters. The number of carbonyl (C=O) groups is 3. The normalized spacial score (nSPS) is 13.5. The number of fused-ring (bicyclic) bond motifs is 1. The zero-order valence-electron chi connectivity index (χ0n) is 14.3. The fraction of sp³-hybridized carbons (Fsp3) is 0.526. The molecular formula is C19H25NO4. The number of imide groups is 1. The molecule has 5 heteroatoms. The Labute approximate surface area is 143 Å². The van der Waals surface area contributed by atoms with Gasteiger partial charge < -0.3 is 4.74 Å². The molecule has 0 spiro atoms. The number of ether oxygens (including phenoxy) is 1. The zero-order valence-corrected chi connectivity index (χ0v) is 14.3. The van der Waals surface area contributed by atoms with E-state index < -0.39 is 0 Å². The van der Waals surface area contributed by atoms with Crippen LogP contribution in [0.25, 0.3) is 0 Å². The Balaban J connectivity index is 1.55. The number of amides is 2. The second-order valence-corrected chi connectivity index (χ2v) is 6.18. The Kier molecular flexibility index (Phi) is 7.12. The van der Waals surface area contributed by atoms with Crippen molar-refractivity contribution in [2.24, 2.45) is 0 Å². The van der Waals surface area contributed by atoms with Crippen LogP contribution >= 0.6 is 0 Å². The third-order valence-electron chi connectivity index (χ3n) is 4.10. The van der Waals surface area contributed by atoms with E-state index in [0.29, 0.717) is 24.3 Å². The molecule has 1 aromatic carbocycles. The first-order chi connectivity index (χ1) is 11.6. The van der Waals surface area contributed by atoms with Crippen LogP contribution in [0.1, 0.15) is 66.2 Å². The summed E-state index contributed by atoms with van der Waals surface area (Å²) in [4.78, 5) is 36.4. The SMILES string of the molecule is CC(=O)COCCCCCCCCN1C(=O)c2ccccc2C1=O. The number of Topliss-reactive ketones (excluding diaryl/α,β-unsaturated/α-hetero) is 1. The zero-order chi connectivity index (χ0) is 17.4. The molecule has 1 heterocycles. The van der Waals surface area contributed by atoms with Gasteiger partial charge in [-0.25, -0.2) is 0 Å². The third-order valence-corrected chi connectivity index (χ3v) is 4.10. The van der Waals surface area contributed by atoms with E-state index >= 15 is 0 Å². The molecule has 0 fully saturated rings. The number of benzene rings is 1. The van der Waals surface area contributed by atoms with Gasteiger partial charge in [-0.15, -0.1) is 0 Å².